The van der Waals surface area contributed by atoms with Crippen LogP contribution in [0.3, 0.4) is 0 Å². The Kier molecular flexibility index (Phi) is 22.9. The first-order chi connectivity index (χ1) is 22.4. The van der Waals surface area contributed by atoms with Crippen molar-refractivity contribution in [1.82, 2.24) is 0 Å². The summed E-state index contributed by atoms with van der Waals surface area (Å²) in [5.74, 6) is -2.00. The van der Waals surface area contributed by atoms with Gasteiger partial charge in [0.05, 0.1) is 62.3 Å². The number of hydrogen-bond donors (Lipinski definition) is 4. The summed E-state index contributed by atoms with van der Waals surface area (Å²) in [7, 11) is 1.57. The van der Waals surface area contributed by atoms with Gasteiger partial charge in [0, 0.05) is 38.5 Å². The third-order valence-electron chi connectivity index (χ3n) is 8.13. The predicted octanol–water partition coefficient (Wildman–Crippen LogP) is 2.16. The number of aliphatic hydroxyl groups is 2. The highest BCUT2D eigenvalue weighted by Gasteiger charge is 2.35. The molecule has 2 unspecified atom stereocenters. The minimum absolute atomic E-state index is 0.00462. The van der Waals surface area contributed by atoms with E-state index in [-0.39, 0.29) is 97.2 Å². The van der Waals surface area contributed by atoms with Crippen LogP contribution in [0.2, 0.25) is 0 Å². The number of allylic oxidation sites excluding steroid dienone is 1. The SMILES string of the molecule is C=C(CCC(=O)OCC(CC)(COC(=O)CCC)COC(=O)CCC(=O)OCC(CN)(CCCC)COC)OCC(CN)(CO)CO. The molecule has 0 aromatic carbocycles. The molecule has 0 aromatic rings. The third kappa shape index (κ3) is 17.8. The summed E-state index contributed by atoms with van der Waals surface area (Å²) in [6, 6.07) is 0. The molecule has 0 heterocycles. The van der Waals surface area contributed by atoms with Gasteiger partial charge in [-0.1, -0.05) is 40.2 Å². The topological polar surface area (TPSA) is 216 Å². The van der Waals surface area contributed by atoms with Gasteiger partial charge in [0.15, 0.2) is 0 Å². The molecule has 0 aliphatic carbocycles. The number of carbonyl (C=O) groups is 4. The average molecular weight is 677 g/mol. The van der Waals surface area contributed by atoms with Crippen molar-refractivity contribution >= 4 is 23.9 Å². The Hall–Kier alpha value is -2.78. The fourth-order valence-corrected chi connectivity index (χ4v) is 4.22. The van der Waals surface area contributed by atoms with Crippen LogP contribution in [0.4, 0.5) is 0 Å². The Balaban J connectivity index is 5.13. The van der Waals surface area contributed by atoms with E-state index < -0.39 is 40.1 Å². The number of rotatable bonds is 29. The minimum atomic E-state index is -1.02. The maximum absolute atomic E-state index is 12.6. The van der Waals surface area contributed by atoms with Gasteiger partial charge in [-0.25, -0.2) is 0 Å². The molecule has 0 amide bonds. The molecule has 0 bridgehead atoms. The fraction of sp³-hybridized carbons (Fsp3) is 0.818. The molecule has 47 heavy (non-hydrogen) atoms. The second-order valence-electron chi connectivity index (χ2n) is 12.3. The van der Waals surface area contributed by atoms with E-state index in [1.807, 2.05) is 6.92 Å². The second-order valence-corrected chi connectivity index (χ2v) is 12.3. The fourth-order valence-electron chi connectivity index (χ4n) is 4.22. The summed E-state index contributed by atoms with van der Waals surface area (Å²) < 4.78 is 32.6. The van der Waals surface area contributed by atoms with E-state index in [0.717, 1.165) is 19.3 Å². The van der Waals surface area contributed by atoms with Crippen molar-refractivity contribution in [1.29, 1.82) is 0 Å². The molecule has 0 fully saturated rings. The molecule has 14 nitrogen and oxygen atoms in total. The zero-order valence-electron chi connectivity index (χ0n) is 29.0. The molecule has 0 radical (unpaired) electrons. The van der Waals surface area contributed by atoms with Crippen molar-refractivity contribution in [2.24, 2.45) is 27.7 Å². The van der Waals surface area contributed by atoms with Gasteiger partial charge in [0.1, 0.15) is 26.4 Å². The smallest absolute Gasteiger partial charge is 0.306 e. The summed E-state index contributed by atoms with van der Waals surface area (Å²) >= 11 is 0. The van der Waals surface area contributed by atoms with Crippen LogP contribution in [0.25, 0.3) is 0 Å². The maximum atomic E-state index is 12.6. The molecule has 14 heteroatoms. The van der Waals surface area contributed by atoms with Gasteiger partial charge < -0.3 is 50.1 Å². The summed E-state index contributed by atoms with van der Waals surface area (Å²) in [5.41, 5.74) is 9.06. The lowest BCUT2D eigenvalue weighted by molar-refractivity contribution is -0.164. The number of esters is 4. The molecule has 0 aliphatic heterocycles. The van der Waals surface area contributed by atoms with E-state index in [4.69, 9.17) is 39.9 Å². The van der Waals surface area contributed by atoms with E-state index >= 15 is 0 Å². The number of ether oxygens (including phenoxy) is 6. The molecule has 274 valence electrons. The summed E-state index contributed by atoms with van der Waals surface area (Å²) in [6.45, 7) is 8.75. The highest BCUT2D eigenvalue weighted by Crippen LogP contribution is 2.27. The number of aliphatic hydroxyl groups excluding tert-OH is 2. The monoisotopic (exact) mass is 676 g/mol. The molecule has 0 saturated carbocycles. The maximum Gasteiger partial charge on any atom is 0.306 e. The van der Waals surface area contributed by atoms with Crippen molar-refractivity contribution in [3.05, 3.63) is 12.3 Å². The Labute approximate surface area is 279 Å². The van der Waals surface area contributed by atoms with Gasteiger partial charge in [0.25, 0.3) is 0 Å². The normalized spacial score (nSPS) is 14.0. The number of carbonyl (C=O) groups excluding carboxylic acids is 4. The standard InChI is InChI=1S/C33H60N2O12/c1-6-9-15-32(16-34,20-42-5)24-47-30(41)14-13-29(40)46-23-31(8-3,21-44-27(38)10-7-2)22-45-28(39)12-11-26(4)43-25-33(17-35,18-36)19-37/h36-37H,4,6-25,34-35H2,1-3,5H3. The number of hydrogen-bond acceptors (Lipinski definition) is 14. The molecule has 0 aliphatic rings. The van der Waals surface area contributed by atoms with Gasteiger partial charge in [-0.15, -0.1) is 0 Å². The van der Waals surface area contributed by atoms with Crippen molar-refractivity contribution in [3.8, 4) is 0 Å². The predicted molar refractivity (Wildman–Crippen MR) is 174 cm³/mol. The molecule has 6 N–H and O–H groups in total. The quantitative estimate of drug-likeness (QED) is 0.0507. The average Bonchev–Trinajstić information content (AvgIpc) is 3.08. The molecule has 0 rings (SSSR count). The van der Waals surface area contributed by atoms with Crippen molar-refractivity contribution < 1.29 is 57.8 Å². The lowest BCUT2D eigenvalue weighted by Gasteiger charge is -2.31. The molecule has 0 spiro atoms. The van der Waals surface area contributed by atoms with E-state index in [1.54, 1.807) is 14.0 Å². The van der Waals surface area contributed by atoms with Crippen LogP contribution in [-0.2, 0) is 47.6 Å². The zero-order valence-corrected chi connectivity index (χ0v) is 29.0. The van der Waals surface area contributed by atoms with Crippen molar-refractivity contribution in [3.63, 3.8) is 0 Å². The summed E-state index contributed by atoms with van der Waals surface area (Å²) in [4.78, 5) is 49.8. The third-order valence-corrected chi connectivity index (χ3v) is 8.13. The Morgan fingerprint density at radius 2 is 1.02 bits per heavy atom. The van der Waals surface area contributed by atoms with Gasteiger partial charge in [-0.2, -0.15) is 0 Å². The Morgan fingerprint density at radius 1 is 0.596 bits per heavy atom. The second kappa shape index (κ2) is 24.4. The van der Waals surface area contributed by atoms with Gasteiger partial charge in [-0.05, 0) is 19.3 Å². The molecule has 0 aromatic heterocycles. The highest BCUT2D eigenvalue weighted by molar-refractivity contribution is 5.77. The molecule has 0 saturated heterocycles. The van der Waals surface area contributed by atoms with E-state index in [9.17, 15) is 29.4 Å². The summed E-state index contributed by atoms with van der Waals surface area (Å²) in [6.07, 6.45) is 3.33. The van der Waals surface area contributed by atoms with Crippen molar-refractivity contribution in [2.75, 3.05) is 73.1 Å². The van der Waals surface area contributed by atoms with Crippen LogP contribution in [0, 0.1) is 16.2 Å². The first-order valence-corrected chi connectivity index (χ1v) is 16.4. The number of nitrogens with two attached hydrogens (primary N) is 2. The van der Waals surface area contributed by atoms with Gasteiger partial charge in [-0.3, -0.25) is 19.2 Å². The van der Waals surface area contributed by atoms with Crippen LogP contribution < -0.4 is 11.5 Å². The first-order valence-electron chi connectivity index (χ1n) is 16.4. The van der Waals surface area contributed by atoms with Crippen LogP contribution in [0.5, 0.6) is 0 Å². The van der Waals surface area contributed by atoms with Gasteiger partial charge in [0.2, 0.25) is 0 Å². The number of methoxy groups -OCH3 is 1. The van der Waals surface area contributed by atoms with E-state index in [2.05, 4.69) is 13.5 Å². The van der Waals surface area contributed by atoms with Crippen LogP contribution in [0.15, 0.2) is 12.3 Å². The molecule has 2 atom stereocenters. The van der Waals surface area contributed by atoms with E-state index in [1.165, 1.54) is 0 Å². The van der Waals surface area contributed by atoms with E-state index in [0.29, 0.717) is 19.4 Å². The lowest BCUT2D eigenvalue weighted by Crippen LogP contribution is -2.42. The van der Waals surface area contributed by atoms with Crippen molar-refractivity contribution in [2.45, 2.75) is 85.0 Å². The lowest BCUT2D eigenvalue weighted by atomic mass is 9.84. The minimum Gasteiger partial charge on any atom is -0.498 e. The van der Waals surface area contributed by atoms with Gasteiger partial charge >= 0.3 is 23.9 Å². The molecular formula is C33H60N2O12. The van der Waals surface area contributed by atoms with Crippen LogP contribution >= 0.6 is 0 Å². The summed E-state index contributed by atoms with van der Waals surface area (Å²) in [5, 5.41) is 19.0. The van der Waals surface area contributed by atoms with Crippen LogP contribution in [-0.4, -0.2) is 107 Å². The number of unbranched alkanes of at least 4 members (excludes halogenated alkanes) is 1. The molecular weight excluding hydrogens is 616 g/mol. The largest absolute Gasteiger partial charge is 0.498 e. The van der Waals surface area contributed by atoms with Crippen LogP contribution in [0.1, 0.15) is 85.0 Å². The Bertz CT molecular complexity index is 934. The first kappa shape index (κ1) is 44.2. The zero-order chi connectivity index (χ0) is 35.8. The highest BCUT2D eigenvalue weighted by atomic mass is 16.6. The Morgan fingerprint density at radius 3 is 1.40 bits per heavy atom.